The molecule has 140 valence electrons. The number of carboxylic acid groups (broad SMARTS) is 1. The highest BCUT2D eigenvalue weighted by atomic mass is 32.1. The van der Waals surface area contributed by atoms with Gasteiger partial charge in [-0.2, -0.15) is 0 Å². The van der Waals surface area contributed by atoms with Gasteiger partial charge in [0.25, 0.3) is 5.91 Å². The summed E-state index contributed by atoms with van der Waals surface area (Å²) in [5.41, 5.74) is 6.96. The van der Waals surface area contributed by atoms with Crippen LogP contribution in [0.3, 0.4) is 0 Å². The number of primary amides is 1. The lowest BCUT2D eigenvalue weighted by Crippen LogP contribution is -2.35. The standard InChI is InChI=1S/C19H24N2O4S/c1-2-10-7-8-13-14(9-10)26-18(15(13)16(20)22)21-17(23)11-5-3-4-6-12(11)19(24)25/h3-4,10-12H,2,5-9H2,1H3,(H2,20,22)(H,21,23)(H,24,25)/t10-,11-,12-/m0/s1. The lowest BCUT2D eigenvalue weighted by molar-refractivity contribution is -0.146. The molecule has 0 spiro atoms. The second kappa shape index (κ2) is 7.61. The molecule has 0 bridgehead atoms. The number of allylic oxidation sites excluding steroid dienone is 2. The number of thiophene rings is 1. The Morgan fingerprint density at radius 3 is 2.58 bits per heavy atom. The fourth-order valence-electron chi connectivity index (χ4n) is 3.93. The monoisotopic (exact) mass is 376 g/mol. The Morgan fingerprint density at radius 1 is 1.27 bits per heavy atom. The van der Waals surface area contributed by atoms with Crippen molar-refractivity contribution in [3.05, 3.63) is 28.2 Å². The van der Waals surface area contributed by atoms with Gasteiger partial charge in [0.1, 0.15) is 5.00 Å². The Balaban J connectivity index is 1.86. The lowest BCUT2D eigenvalue weighted by atomic mass is 9.82. The Bertz CT molecular complexity index is 768. The van der Waals surface area contributed by atoms with Gasteiger partial charge in [-0.05, 0) is 43.6 Å². The molecule has 4 N–H and O–H groups in total. The summed E-state index contributed by atoms with van der Waals surface area (Å²) in [7, 11) is 0. The van der Waals surface area contributed by atoms with Gasteiger partial charge in [0.15, 0.2) is 0 Å². The molecule has 26 heavy (non-hydrogen) atoms. The predicted molar refractivity (Wildman–Crippen MR) is 100 cm³/mol. The van der Waals surface area contributed by atoms with E-state index < -0.39 is 23.7 Å². The van der Waals surface area contributed by atoms with E-state index in [1.54, 1.807) is 6.08 Å². The molecule has 0 unspecified atom stereocenters. The third kappa shape index (κ3) is 3.53. The SMILES string of the molecule is CC[C@H]1CCc2c(sc(NC(=O)[C@H]3CC=CC[C@@H]3C(=O)O)c2C(N)=O)C1. The highest BCUT2D eigenvalue weighted by Gasteiger charge is 2.35. The molecule has 0 aromatic carbocycles. The number of rotatable bonds is 5. The summed E-state index contributed by atoms with van der Waals surface area (Å²) in [6.07, 6.45) is 8.16. The van der Waals surface area contributed by atoms with E-state index in [1.165, 1.54) is 11.3 Å². The molecule has 1 aromatic heterocycles. The number of amides is 2. The summed E-state index contributed by atoms with van der Waals surface area (Å²) < 4.78 is 0. The zero-order valence-electron chi connectivity index (χ0n) is 14.8. The van der Waals surface area contributed by atoms with Gasteiger partial charge in [0.05, 0.1) is 17.4 Å². The van der Waals surface area contributed by atoms with Gasteiger partial charge in [-0.3, -0.25) is 14.4 Å². The van der Waals surface area contributed by atoms with Gasteiger partial charge in [-0.15, -0.1) is 11.3 Å². The van der Waals surface area contributed by atoms with Gasteiger partial charge < -0.3 is 16.2 Å². The van der Waals surface area contributed by atoms with Crippen LogP contribution in [0, 0.1) is 17.8 Å². The van der Waals surface area contributed by atoms with E-state index >= 15 is 0 Å². The summed E-state index contributed by atoms with van der Waals surface area (Å²) in [6.45, 7) is 2.16. The molecule has 0 aliphatic heterocycles. The van der Waals surface area contributed by atoms with Crippen LogP contribution in [0.15, 0.2) is 12.2 Å². The first-order valence-corrected chi connectivity index (χ1v) is 9.87. The summed E-state index contributed by atoms with van der Waals surface area (Å²) in [6, 6.07) is 0. The average Bonchev–Trinajstić information content (AvgIpc) is 2.98. The van der Waals surface area contributed by atoms with Crippen molar-refractivity contribution in [3.8, 4) is 0 Å². The molecule has 3 atom stereocenters. The van der Waals surface area contributed by atoms with Crippen molar-refractivity contribution in [2.24, 2.45) is 23.5 Å². The Labute approximate surface area is 156 Å². The minimum Gasteiger partial charge on any atom is -0.481 e. The number of aliphatic carboxylic acids is 1. The fraction of sp³-hybridized carbons (Fsp3) is 0.526. The number of carboxylic acids is 1. The van der Waals surface area contributed by atoms with E-state index in [2.05, 4.69) is 12.2 Å². The molecule has 1 aromatic rings. The van der Waals surface area contributed by atoms with Crippen LogP contribution >= 0.6 is 11.3 Å². The van der Waals surface area contributed by atoms with E-state index in [9.17, 15) is 19.5 Å². The number of nitrogens with two attached hydrogens (primary N) is 1. The largest absolute Gasteiger partial charge is 0.481 e. The molecular weight excluding hydrogens is 352 g/mol. The highest BCUT2D eigenvalue weighted by molar-refractivity contribution is 7.17. The molecular formula is C19H24N2O4S. The molecule has 0 saturated carbocycles. The highest BCUT2D eigenvalue weighted by Crippen LogP contribution is 2.40. The number of hydrogen-bond acceptors (Lipinski definition) is 4. The molecule has 3 rings (SSSR count). The molecule has 7 heteroatoms. The summed E-state index contributed by atoms with van der Waals surface area (Å²) >= 11 is 1.41. The first kappa shape index (κ1) is 18.6. The topological polar surface area (TPSA) is 109 Å². The minimum atomic E-state index is -0.971. The molecule has 0 saturated heterocycles. The van der Waals surface area contributed by atoms with Crippen molar-refractivity contribution in [3.63, 3.8) is 0 Å². The van der Waals surface area contributed by atoms with Gasteiger partial charge >= 0.3 is 5.97 Å². The molecule has 2 amide bonds. The quantitative estimate of drug-likeness (QED) is 0.686. The van der Waals surface area contributed by atoms with Crippen LogP contribution in [0.4, 0.5) is 5.00 Å². The van der Waals surface area contributed by atoms with E-state index in [-0.39, 0.29) is 5.91 Å². The second-order valence-electron chi connectivity index (χ2n) is 7.07. The summed E-state index contributed by atoms with van der Waals surface area (Å²) in [5.74, 6) is -2.65. The van der Waals surface area contributed by atoms with E-state index in [1.807, 2.05) is 6.08 Å². The van der Waals surface area contributed by atoms with Gasteiger partial charge in [-0.25, -0.2) is 0 Å². The third-order valence-electron chi connectivity index (χ3n) is 5.51. The Kier molecular flexibility index (Phi) is 5.46. The van der Waals surface area contributed by atoms with Crippen LogP contribution in [0.25, 0.3) is 0 Å². The maximum atomic E-state index is 12.7. The van der Waals surface area contributed by atoms with Crippen LogP contribution in [-0.2, 0) is 22.4 Å². The first-order valence-electron chi connectivity index (χ1n) is 9.05. The van der Waals surface area contributed by atoms with Gasteiger partial charge in [0, 0.05) is 4.88 Å². The van der Waals surface area contributed by atoms with Crippen molar-refractivity contribution in [2.75, 3.05) is 5.32 Å². The average molecular weight is 376 g/mol. The van der Waals surface area contributed by atoms with E-state index in [0.29, 0.717) is 29.3 Å². The number of hydrogen-bond donors (Lipinski definition) is 3. The number of fused-ring (bicyclic) bond motifs is 1. The number of carbonyl (C=O) groups is 3. The zero-order chi connectivity index (χ0) is 18.8. The summed E-state index contributed by atoms with van der Waals surface area (Å²) in [5, 5.41) is 12.7. The molecule has 0 fully saturated rings. The molecule has 2 aliphatic carbocycles. The van der Waals surface area contributed by atoms with Crippen molar-refractivity contribution in [2.45, 2.75) is 45.4 Å². The maximum Gasteiger partial charge on any atom is 0.307 e. The Morgan fingerprint density at radius 2 is 1.96 bits per heavy atom. The van der Waals surface area contributed by atoms with Crippen LogP contribution in [0.1, 0.15) is 53.4 Å². The minimum absolute atomic E-state index is 0.342. The van der Waals surface area contributed by atoms with Crippen LogP contribution in [0.2, 0.25) is 0 Å². The lowest BCUT2D eigenvalue weighted by Gasteiger charge is -2.24. The normalized spacial score (nSPS) is 24.7. The second-order valence-corrected chi connectivity index (χ2v) is 8.18. The smallest absolute Gasteiger partial charge is 0.307 e. The molecule has 1 heterocycles. The van der Waals surface area contributed by atoms with Crippen LogP contribution in [0.5, 0.6) is 0 Å². The van der Waals surface area contributed by atoms with Crippen molar-refractivity contribution >= 4 is 34.1 Å². The zero-order valence-corrected chi connectivity index (χ0v) is 15.6. The van der Waals surface area contributed by atoms with Gasteiger partial charge in [0.2, 0.25) is 5.91 Å². The van der Waals surface area contributed by atoms with E-state index in [0.717, 1.165) is 36.1 Å². The molecule has 0 radical (unpaired) electrons. The predicted octanol–water partition coefficient (Wildman–Crippen LogP) is 2.97. The molecule has 2 aliphatic rings. The first-order chi connectivity index (χ1) is 12.4. The fourth-order valence-corrected chi connectivity index (χ4v) is 5.30. The van der Waals surface area contributed by atoms with Gasteiger partial charge in [-0.1, -0.05) is 25.5 Å². The van der Waals surface area contributed by atoms with E-state index in [4.69, 9.17) is 5.73 Å². The Hall–Kier alpha value is -2.15. The van der Waals surface area contributed by atoms with Crippen LogP contribution in [-0.4, -0.2) is 22.9 Å². The number of nitrogens with one attached hydrogen (secondary N) is 1. The summed E-state index contributed by atoms with van der Waals surface area (Å²) in [4.78, 5) is 37.3. The number of carbonyl (C=O) groups excluding carboxylic acids is 2. The maximum absolute atomic E-state index is 12.7. The number of anilines is 1. The van der Waals surface area contributed by atoms with Crippen molar-refractivity contribution < 1.29 is 19.5 Å². The van der Waals surface area contributed by atoms with Crippen molar-refractivity contribution in [1.82, 2.24) is 0 Å². The third-order valence-corrected chi connectivity index (χ3v) is 6.68. The molecule has 6 nitrogen and oxygen atoms in total. The van der Waals surface area contributed by atoms with Crippen molar-refractivity contribution in [1.29, 1.82) is 0 Å². The van der Waals surface area contributed by atoms with Crippen LogP contribution < -0.4 is 11.1 Å².